The van der Waals surface area contributed by atoms with Gasteiger partial charge in [0, 0.05) is 6.20 Å². The smallest absolute Gasteiger partial charge is 1.00 e. The molecule has 0 atom stereocenters. The Morgan fingerprint density at radius 1 is 1.86 bits per heavy atom. The monoisotopic (exact) mass is 141 g/mol. The van der Waals surface area contributed by atoms with Crippen molar-refractivity contribution in [2.24, 2.45) is 0 Å². The SMILES string of the molecule is S=c1[nH]cco1.[H-].[K+]. The molecule has 0 aromatic carbocycles. The molecule has 0 bridgehead atoms. The quantitative estimate of drug-likeness (QED) is 0.350. The molecule has 1 aromatic heterocycles. The Labute approximate surface area is 90.2 Å². The first-order valence-electron chi connectivity index (χ1n) is 1.52. The van der Waals surface area contributed by atoms with Gasteiger partial charge in [-0.25, -0.2) is 0 Å². The molecule has 0 radical (unpaired) electrons. The molecule has 7 heavy (non-hydrogen) atoms. The van der Waals surface area contributed by atoms with E-state index >= 15 is 0 Å². The Morgan fingerprint density at radius 3 is 2.71 bits per heavy atom. The predicted molar refractivity (Wildman–Crippen MR) is 25.0 cm³/mol. The maximum atomic E-state index is 4.59. The second-order valence-electron chi connectivity index (χ2n) is 0.852. The zero-order valence-electron chi connectivity index (χ0n) is 4.97. The third kappa shape index (κ3) is 2.79. The maximum Gasteiger partial charge on any atom is 1.00 e. The van der Waals surface area contributed by atoms with Crippen LogP contribution in [0.5, 0.6) is 0 Å². The van der Waals surface area contributed by atoms with E-state index < -0.39 is 0 Å². The molecule has 0 fully saturated rings. The Balaban J connectivity index is 0. The minimum absolute atomic E-state index is 0. The van der Waals surface area contributed by atoms with Gasteiger partial charge >= 0.3 is 51.4 Å². The van der Waals surface area contributed by atoms with E-state index in [9.17, 15) is 0 Å². The molecule has 2 nitrogen and oxygen atoms in total. The molecule has 0 saturated carbocycles. The Hall–Kier alpha value is 1.07. The fourth-order valence-electron chi connectivity index (χ4n) is 0.232. The summed E-state index contributed by atoms with van der Waals surface area (Å²) in [4.78, 5) is 3.07. The summed E-state index contributed by atoms with van der Waals surface area (Å²) >= 11 is 4.52. The molecule has 0 aliphatic rings. The van der Waals surface area contributed by atoms with Gasteiger partial charge in [0.2, 0.25) is 0 Å². The summed E-state index contributed by atoms with van der Waals surface area (Å²) < 4.78 is 4.59. The van der Waals surface area contributed by atoms with Crippen molar-refractivity contribution in [2.75, 3.05) is 0 Å². The van der Waals surface area contributed by atoms with E-state index in [-0.39, 0.29) is 52.8 Å². The third-order valence-electron chi connectivity index (χ3n) is 0.444. The van der Waals surface area contributed by atoms with Crippen molar-refractivity contribution >= 4 is 12.2 Å². The fourth-order valence-corrected chi connectivity index (χ4v) is 0.355. The van der Waals surface area contributed by atoms with Crippen LogP contribution in [0.2, 0.25) is 0 Å². The van der Waals surface area contributed by atoms with Crippen molar-refractivity contribution in [3.8, 4) is 0 Å². The Bertz CT molecular complexity index is 157. The zero-order chi connectivity index (χ0) is 4.41. The van der Waals surface area contributed by atoms with Crippen LogP contribution < -0.4 is 51.4 Å². The van der Waals surface area contributed by atoms with Gasteiger partial charge in [-0.15, -0.1) is 0 Å². The molecule has 1 aromatic rings. The molecule has 0 spiro atoms. The van der Waals surface area contributed by atoms with Crippen molar-refractivity contribution in [3.05, 3.63) is 17.3 Å². The molecular weight excluding hydrogens is 137 g/mol. The van der Waals surface area contributed by atoms with E-state index in [0.29, 0.717) is 4.84 Å². The molecule has 0 unspecified atom stereocenters. The molecule has 0 saturated heterocycles. The molecule has 1 rings (SSSR count). The molecular formula is C3H4KNOS. The van der Waals surface area contributed by atoms with E-state index in [1.165, 1.54) is 6.26 Å². The summed E-state index contributed by atoms with van der Waals surface area (Å²) in [5.74, 6) is 0. The fraction of sp³-hybridized carbons (Fsp3) is 0. The van der Waals surface area contributed by atoms with Crippen LogP contribution in [-0.2, 0) is 0 Å². The van der Waals surface area contributed by atoms with Gasteiger partial charge in [0.25, 0.3) is 4.84 Å². The number of hydrogen-bond acceptors (Lipinski definition) is 2. The van der Waals surface area contributed by atoms with E-state index in [1.54, 1.807) is 6.20 Å². The van der Waals surface area contributed by atoms with Crippen LogP contribution in [0.3, 0.4) is 0 Å². The van der Waals surface area contributed by atoms with Crippen LogP contribution in [0.15, 0.2) is 16.9 Å². The second kappa shape index (κ2) is 4.00. The minimum Gasteiger partial charge on any atom is -1.00 e. The largest absolute Gasteiger partial charge is 1.00 e. The standard InChI is InChI=1S/C3H3NOS.K.H/c6-3-4-1-2-5-3;;/h1-2H,(H,4,6);;/q;+1;-1. The average Bonchev–Trinajstić information content (AvgIpc) is 1.86. The summed E-state index contributed by atoms with van der Waals surface area (Å²) in [6.45, 7) is 0. The number of oxazole rings is 1. The van der Waals surface area contributed by atoms with E-state index in [2.05, 4.69) is 21.6 Å². The van der Waals surface area contributed by atoms with Crippen LogP contribution in [-0.4, -0.2) is 4.98 Å². The molecule has 34 valence electrons. The molecule has 0 amide bonds. The Kier molecular flexibility index (Phi) is 4.61. The maximum absolute atomic E-state index is 4.59. The van der Waals surface area contributed by atoms with Gasteiger partial charge in [0.1, 0.15) is 6.26 Å². The molecule has 1 heterocycles. The second-order valence-corrected chi connectivity index (χ2v) is 1.22. The van der Waals surface area contributed by atoms with Crippen molar-refractivity contribution in [2.45, 2.75) is 0 Å². The average molecular weight is 141 g/mol. The van der Waals surface area contributed by atoms with Crippen LogP contribution >= 0.6 is 12.2 Å². The number of hydrogen-bond donors (Lipinski definition) is 1. The number of rotatable bonds is 0. The molecule has 4 heteroatoms. The summed E-state index contributed by atoms with van der Waals surface area (Å²) in [5, 5.41) is 0. The summed E-state index contributed by atoms with van der Waals surface area (Å²) in [6.07, 6.45) is 3.14. The molecule has 0 aliphatic carbocycles. The van der Waals surface area contributed by atoms with Gasteiger partial charge in [-0.2, -0.15) is 0 Å². The van der Waals surface area contributed by atoms with Gasteiger partial charge in [0.05, 0.1) is 0 Å². The third-order valence-corrected chi connectivity index (χ3v) is 0.658. The predicted octanol–water partition coefficient (Wildman–Crippen LogP) is -1.55. The Morgan fingerprint density at radius 2 is 2.57 bits per heavy atom. The summed E-state index contributed by atoms with van der Waals surface area (Å²) in [7, 11) is 0. The van der Waals surface area contributed by atoms with Crippen LogP contribution in [0, 0.1) is 4.84 Å². The van der Waals surface area contributed by atoms with Crippen LogP contribution in [0.4, 0.5) is 0 Å². The van der Waals surface area contributed by atoms with Gasteiger partial charge in [0.15, 0.2) is 0 Å². The van der Waals surface area contributed by atoms with Crippen LogP contribution in [0.1, 0.15) is 1.43 Å². The first-order valence-corrected chi connectivity index (χ1v) is 1.92. The number of nitrogens with one attached hydrogen (secondary N) is 1. The van der Waals surface area contributed by atoms with Crippen LogP contribution in [0.25, 0.3) is 0 Å². The molecule has 1 N–H and O–H groups in total. The van der Waals surface area contributed by atoms with Gasteiger partial charge in [-0.3, -0.25) is 0 Å². The number of aromatic amines is 1. The van der Waals surface area contributed by atoms with Crippen molar-refractivity contribution in [1.29, 1.82) is 0 Å². The van der Waals surface area contributed by atoms with Gasteiger partial charge in [-0.1, -0.05) is 0 Å². The first kappa shape index (κ1) is 8.07. The van der Waals surface area contributed by atoms with E-state index in [4.69, 9.17) is 0 Å². The molecule has 0 aliphatic heterocycles. The zero-order valence-corrected chi connectivity index (χ0v) is 7.91. The number of aromatic nitrogens is 1. The van der Waals surface area contributed by atoms with Crippen molar-refractivity contribution < 1.29 is 57.2 Å². The first-order chi connectivity index (χ1) is 2.89. The minimum atomic E-state index is 0. The van der Waals surface area contributed by atoms with Crippen molar-refractivity contribution in [3.63, 3.8) is 0 Å². The van der Waals surface area contributed by atoms with Crippen molar-refractivity contribution in [1.82, 2.24) is 4.98 Å². The van der Waals surface area contributed by atoms with E-state index in [0.717, 1.165) is 0 Å². The summed E-state index contributed by atoms with van der Waals surface area (Å²) in [6, 6.07) is 0. The van der Waals surface area contributed by atoms with Gasteiger partial charge in [-0.05, 0) is 12.2 Å². The topological polar surface area (TPSA) is 28.9 Å². The number of H-pyrrole nitrogens is 1. The summed E-state index contributed by atoms with van der Waals surface area (Å²) in [5.41, 5.74) is 0. The normalized spacial score (nSPS) is 7.43. The van der Waals surface area contributed by atoms with Gasteiger partial charge < -0.3 is 10.8 Å². The van der Waals surface area contributed by atoms with E-state index in [1.807, 2.05) is 0 Å².